The number of carbonyl (C=O) groups is 2. The average Bonchev–Trinajstić information content (AvgIpc) is 3.21. The third kappa shape index (κ3) is 4.22. The summed E-state index contributed by atoms with van der Waals surface area (Å²) in [6, 6.07) is 12.3. The van der Waals surface area contributed by atoms with Gasteiger partial charge in [-0.2, -0.15) is 0 Å². The van der Waals surface area contributed by atoms with Crippen molar-refractivity contribution < 1.29 is 19.1 Å². The first kappa shape index (κ1) is 20.0. The topological polar surface area (TPSA) is 67.9 Å². The molecule has 1 saturated heterocycles. The molecule has 1 N–H and O–H groups in total. The summed E-state index contributed by atoms with van der Waals surface area (Å²) in [5.74, 6) is 0.880. The van der Waals surface area contributed by atoms with E-state index in [0.717, 1.165) is 18.4 Å². The van der Waals surface area contributed by atoms with Crippen LogP contribution in [0, 0.1) is 0 Å². The first-order chi connectivity index (χ1) is 13.5. The summed E-state index contributed by atoms with van der Waals surface area (Å²) in [5.41, 5.74) is 1.29. The van der Waals surface area contributed by atoms with Crippen LogP contribution < -0.4 is 14.8 Å². The van der Waals surface area contributed by atoms with Crippen LogP contribution in [0.25, 0.3) is 0 Å². The van der Waals surface area contributed by atoms with Gasteiger partial charge in [0.05, 0.1) is 37.4 Å². The zero-order chi connectivity index (χ0) is 20.1. The predicted octanol–water partition coefficient (Wildman–Crippen LogP) is 3.45. The maximum absolute atomic E-state index is 12.8. The van der Waals surface area contributed by atoms with Crippen molar-refractivity contribution in [2.75, 3.05) is 27.3 Å². The van der Waals surface area contributed by atoms with E-state index in [9.17, 15) is 9.59 Å². The highest BCUT2D eigenvalue weighted by Gasteiger charge is 2.32. The van der Waals surface area contributed by atoms with E-state index in [-0.39, 0.29) is 24.4 Å². The van der Waals surface area contributed by atoms with Crippen molar-refractivity contribution in [1.82, 2.24) is 10.2 Å². The summed E-state index contributed by atoms with van der Waals surface area (Å²) in [6.45, 7) is 0.555. The smallest absolute Gasteiger partial charge is 0.253 e. The molecule has 2 aromatic rings. The van der Waals surface area contributed by atoms with Gasteiger partial charge in [0.1, 0.15) is 11.5 Å². The van der Waals surface area contributed by atoms with Gasteiger partial charge in [-0.3, -0.25) is 9.59 Å². The van der Waals surface area contributed by atoms with Gasteiger partial charge >= 0.3 is 0 Å². The number of rotatable bonds is 6. The van der Waals surface area contributed by atoms with Crippen molar-refractivity contribution in [1.29, 1.82) is 0 Å². The first-order valence-corrected chi connectivity index (χ1v) is 9.47. The highest BCUT2D eigenvalue weighted by molar-refractivity contribution is 6.33. The second-order valence-electron chi connectivity index (χ2n) is 6.52. The molecule has 0 unspecified atom stereocenters. The Kier molecular flexibility index (Phi) is 6.41. The van der Waals surface area contributed by atoms with E-state index in [4.69, 9.17) is 21.1 Å². The van der Waals surface area contributed by atoms with Gasteiger partial charge in [0.15, 0.2) is 0 Å². The number of hydrogen-bond donors (Lipinski definition) is 1. The minimum Gasteiger partial charge on any atom is -0.497 e. The van der Waals surface area contributed by atoms with Crippen LogP contribution in [0.15, 0.2) is 42.5 Å². The molecule has 3 rings (SSSR count). The number of benzene rings is 2. The maximum Gasteiger partial charge on any atom is 0.253 e. The van der Waals surface area contributed by atoms with Gasteiger partial charge in [0, 0.05) is 18.2 Å². The molecule has 0 saturated carbocycles. The Morgan fingerprint density at radius 2 is 1.96 bits per heavy atom. The molecular formula is C21H23ClN2O4. The maximum atomic E-state index is 12.8. The molecule has 0 radical (unpaired) electrons. The van der Waals surface area contributed by atoms with Crippen LogP contribution in [-0.4, -0.2) is 44.0 Å². The summed E-state index contributed by atoms with van der Waals surface area (Å²) in [4.78, 5) is 26.9. The number of hydrogen-bond acceptors (Lipinski definition) is 4. The van der Waals surface area contributed by atoms with Gasteiger partial charge < -0.3 is 19.7 Å². The Morgan fingerprint density at radius 1 is 1.18 bits per heavy atom. The van der Waals surface area contributed by atoms with E-state index in [2.05, 4.69) is 5.32 Å². The molecule has 28 heavy (non-hydrogen) atoms. The molecule has 1 aliphatic heterocycles. The minimum atomic E-state index is -0.364. The number of amides is 2. The Morgan fingerprint density at radius 3 is 2.68 bits per heavy atom. The molecule has 0 aliphatic carbocycles. The zero-order valence-corrected chi connectivity index (χ0v) is 16.7. The summed E-state index contributed by atoms with van der Waals surface area (Å²) >= 11 is 6.04. The molecule has 1 heterocycles. The molecule has 1 atom stereocenters. The fourth-order valence-corrected chi connectivity index (χ4v) is 3.70. The molecule has 0 bridgehead atoms. The molecule has 0 aromatic heterocycles. The van der Waals surface area contributed by atoms with Gasteiger partial charge in [0.25, 0.3) is 5.91 Å². The van der Waals surface area contributed by atoms with Gasteiger partial charge in [-0.15, -0.1) is 0 Å². The Hall–Kier alpha value is -2.73. The van der Waals surface area contributed by atoms with Crippen molar-refractivity contribution >= 4 is 23.4 Å². The van der Waals surface area contributed by atoms with Crippen molar-refractivity contribution in [2.45, 2.75) is 18.9 Å². The molecule has 7 heteroatoms. The van der Waals surface area contributed by atoms with Crippen molar-refractivity contribution in [3.05, 3.63) is 58.6 Å². The van der Waals surface area contributed by atoms with Crippen molar-refractivity contribution in [3.8, 4) is 11.5 Å². The standard InChI is InChI=1S/C21H23ClN2O4/c1-27-14-9-10-16(19(12-14)28-2)18-8-5-11-24(18)20(25)13-23-21(26)15-6-3-4-7-17(15)22/h3-4,6-7,9-10,12,18H,5,8,11,13H2,1-2H3,(H,23,26)/t18-/m1/s1. The van der Waals surface area contributed by atoms with E-state index in [1.807, 2.05) is 18.2 Å². The number of nitrogens with one attached hydrogen (secondary N) is 1. The lowest BCUT2D eigenvalue weighted by atomic mass is 10.0. The molecular weight excluding hydrogens is 380 g/mol. The second-order valence-corrected chi connectivity index (χ2v) is 6.92. The zero-order valence-electron chi connectivity index (χ0n) is 15.9. The molecule has 0 spiro atoms. The molecule has 6 nitrogen and oxygen atoms in total. The Balaban J connectivity index is 1.70. The highest BCUT2D eigenvalue weighted by atomic mass is 35.5. The fraction of sp³-hybridized carbons (Fsp3) is 0.333. The van der Waals surface area contributed by atoms with Crippen LogP contribution in [0.5, 0.6) is 11.5 Å². The molecule has 1 aliphatic rings. The Labute approximate surface area is 169 Å². The van der Waals surface area contributed by atoms with Crippen LogP contribution >= 0.6 is 11.6 Å². The second kappa shape index (κ2) is 8.97. The SMILES string of the molecule is COc1ccc([C@H]2CCCN2C(=O)CNC(=O)c2ccccc2Cl)c(OC)c1. The van der Waals surface area contributed by atoms with E-state index >= 15 is 0 Å². The van der Waals surface area contributed by atoms with Crippen molar-refractivity contribution in [3.63, 3.8) is 0 Å². The quantitative estimate of drug-likeness (QED) is 0.803. The van der Waals surface area contributed by atoms with E-state index in [0.29, 0.717) is 28.6 Å². The van der Waals surface area contributed by atoms with Crippen molar-refractivity contribution in [2.24, 2.45) is 0 Å². The number of likely N-dealkylation sites (tertiary alicyclic amines) is 1. The summed E-state index contributed by atoms with van der Waals surface area (Å²) in [5, 5.41) is 3.03. The van der Waals surface area contributed by atoms with E-state index < -0.39 is 0 Å². The van der Waals surface area contributed by atoms with E-state index in [1.54, 1.807) is 43.4 Å². The number of ether oxygens (including phenoxy) is 2. The number of carbonyl (C=O) groups excluding carboxylic acids is 2. The number of halogens is 1. The first-order valence-electron chi connectivity index (χ1n) is 9.09. The monoisotopic (exact) mass is 402 g/mol. The van der Waals surface area contributed by atoms with Gasteiger partial charge in [-0.1, -0.05) is 23.7 Å². The lowest BCUT2D eigenvalue weighted by molar-refractivity contribution is -0.131. The lowest BCUT2D eigenvalue weighted by Crippen LogP contribution is -2.40. The van der Waals surface area contributed by atoms with E-state index in [1.165, 1.54) is 0 Å². The summed E-state index contributed by atoms with van der Waals surface area (Å²) in [7, 11) is 3.20. The average molecular weight is 403 g/mol. The Bertz CT molecular complexity index is 871. The molecule has 148 valence electrons. The summed E-state index contributed by atoms with van der Waals surface area (Å²) in [6.07, 6.45) is 1.73. The third-order valence-corrected chi connectivity index (χ3v) is 5.22. The normalized spacial score (nSPS) is 16.0. The van der Waals surface area contributed by atoms with Crippen LogP contribution in [0.4, 0.5) is 0 Å². The highest BCUT2D eigenvalue weighted by Crippen LogP contribution is 2.38. The van der Waals surface area contributed by atoms with Crippen LogP contribution in [0.1, 0.15) is 34.8 Å². The third-order valence-electron chi connectivity index (χ3n) is 4.89. The van der Waals surface area contributed by atoms with Gasteiger partial charge in [-0.25, -0.2) is 0 Å². The number of methoxy groups -OCH3 is 2. The largest absolute Gasteiger partial charge is 0.497 e. The van der Waals surface area contributed by atoms with Crippen LogP contribution in [0.3, 0.4) is 0 Å². The molecule has 2 aromatic carbocycles. The number of nitrogens with zero attached hydrogens (tertiary/aromatic N) is 1. The molecule has 2 amide bonds. The fourth-order valence-electron chi connectivity index (χ4n) is 3.48. The summed E-state index contributed by atoms with van der Waals surface area (Å²) < 4.78 is 10.7. The minimum absolute atomic E-state index is 0.0843. The molecule has 1 fully saturated rings. The predicted molar refractivity (Wildman–Crippen MR) is 107 cm³/mol. The van der Waals surface area contributed by atoms with Gasteiger partial charge in [-0.05, 0) is 37.1 Å². The van der Waals surface area contributed by atoms with Crippen LogP contribution in [0.2, 0.25) is 5.02 Å². The van der Waals surface area contributed by atoms with Gasteiger partial charge in [0.2, 0.25) is 5.91 Å². The lowest BCUT2D eigenvalue weighted by Gasteiger charge is -2.26. The van der Waals surface area contributed by atoms with Crippen LogP contribution in [-0.2, 0) is 4.79 Å².